The predicted molar refractivity (Wildman–Crippen MR) is 118 cm³/mol. The van der Waals surface area contributed by atoms with Gasteiger partial charge in [-0.2, -0.15) is 0 Å². The van der Waals surface area contributed by atoms with Crippen molar-refractivity contribution in [3.63, 3.8) is 0 Å². The first-order valence-electron chi connectivity index (χ1n) is 10.5. The highest BCUT2D eigenvalue weighted by atomic mass is 32.2. The Bertz CT molecular complexity index is 849. The molecule has 2 N–H and O–H groups in total. The van der Waals surface area contributed by atoms with E-state index in [2.05, 4.69) is 23.9 Å². The lowest BCUT2D eigenvalue weighted by molar-refractivity contribution is -0.127. The molecule has 0 spiro atoms. The summed E-state index contributed by atoms with van der Waals surface area (Å²) in [7, 11) is -3.64. The number of carbonyl (C=O) groups excluding carboxylic acids is 2. The van der Waals surface area contributed by atoms with Gasteiger partial charge in [0.1, 0.15) is 0 Å². The Balaban J connectivity index is 1.96. The molecule has 1 unspecified atom stereocenters. The van der Waals surface area contributed by atoms with Gasteiger partial charge in [0, 0.05) is 36.2 Å². The molecule has 0 saturated carbocycles. The van der Waals surface area contributed by atoms with E-state index in [0.29, 0.717) is 37.4 Å². The van der Waals surface area contributed by atoms with E-state index in [1.807, 2.05) is 6.92 Å². The Labute approximate surface area is 180 Å². The van der Waals surface area contributed by atoms with Crippen LogP contribution in [0.25, 0.3) is 0 Å². The van der Waals surface area contributed by atoms with E-state index in [1.54, 1.807) is 37.8 Å². The largest absolute Gasteiger partial charge is 0.353 e. The molecule has 0 aromatic heterocycles. The third-order valence-corrected chi connectivity index (χ3v) is 7.15. The molecule has 1 saturated heterocycles. The quantitative estimate of drug-likeness (QED) is 0.715. The van der Waals surface area contributed by atoms with Crippen LogP contribution in [0.4, 0.5) is 0 Å². The highest BCUT2D eigenvalue weighted by Crippen LogP contribution is 2.21. The minimum Gasteiger partial charge on any atom is -0.353 e. The van der Waals surface area contributed by atoms with Gasteiger partial charge >= 0.3 is 0 Å². The van der Waals surface area contributed by atoms with Crippen LogP contribution in [-0.2, 0) is 14.8 Å². The summed E-state index contributed by atoms with van der Waals surface area (Å²) >= 11 is 0. The second-order valence-corrected chi connectivity index (χ2v) is 11.2. The van der Waals surface area contributed by atoms with Gasteiger partial charge in [0.2, 0.25) is 15.9 Å². The summed E-state index contributed by atoms with van der Waals surface area (Å²) in [5.74, 6) is 0.216. The molecule has 1 fully saturated rings. The molecule has 8 heteroatoms. The molecule has 168 valence electrons. The number of benzene rings is 1. The number of likely N-dealkylation sites (tertiary alicyclic amines) is 1. The monoisotopic (exact) mass is 437 g/mol. The zero-order chi connectivity index (χ0) is 22.7. The highest BCUT2D eigenvalue weighted by Gasteiger charge is 2.29. The molecule has 0 bridgehead atoms. The summed E-state index contributed by atoms with van der Waals surface area (Å²) in [6, 6.07) is 6.12. The molecule has 2 rings (SSSR count). The molecule has 1 aliphatic heterocycles. The molecule has 1 atom stereocenters. The number of rotatable bonds is 6. The van der Waals surface area contributed by atoms with E-state index in [1.165, 1.54) is 12.1 Å². The predicted octanol–water partition coefficient (Wildman–Crippen LogP) is 2.78. The summed E-state index contributed by atoms with van der Waals surface area (Å²) in [5.41, 5.74) is -0.141. The molecule has 1 aliphatic rings. The SMILES string of the molecule is CC(C)C(C)NC(=O)C1CCN(C(=O)c2ccc(S(=O)(=O)NC(C)(C)C)cc2)CC1. The lowest BCUT2D eigenvalue weighted by Gasteiger charge is -2.32. The van der Waals surface area contributed by atoms with E-state index >= 15 is 0 Å². The number of nitrogens with one attached hydrogen (secondary N) is 2. The standard InChI is InChI=1S/C22H35N3O4S/c1-15(2)16(3)23-20(26)17-11-13-25(14-12-17)21(27)18-7-9-19(10-8-18)30(28,29)24-22(4,5)6/h7-10,15-17,24H,11-14H2,1-6H3,(H,23,26). The summed E-state index contributed by atoms with van der Waals surface area (Å²) in [4.78, 5) is 27.1. The summed E-state index contributed by atoms with van der Waals surface area (Å²) < 4.78 is 27.4. The van der Waals surface area contributed by atoms with E-state index in [4.69, 9.17) is 0 Å². The normalized spacial score (nSPS) is 17.1. The fourth-order valence-corrected chi connectivity index (χ4v) is 4.69. The van der Waals surface area contributed by atoms with Crippen molar-refractivity contribution in [3.8, 4) is 0 Å². The van der Waals surface area contributed by atoms with E-state index in [9.17, 15) is 18.0 Å². The van der Waals surface area contributed by atoms with Gasteiger partial charge in [0.15, 0.2) is 0 Å². The number of nitrogens with zero attached hydrogens (tertiary/aromatic N) is 1. The molecule has 1 aromatic carbocycles. The van der Waals surface area contributed by atoms with Gasteiger partial charge in [0.25, 0.3) is 5.91 Å². The Morgan fingerprint density at radius 2 is 1.57 bits per heavy atom. The minimum atomic E-state index is -3.64. The lowest BCUT2D eigenvalue weighted by Crippen LogP contribution is -2.45. The number of piperidine rings is 1. The zero-order valence-corrected chi connectivity index (χ0v) is 19.7. The van der Waals surface area contributed by atoms with Gasteiger partial charge in [0.05, 0.1) is 4.90 Å². The maximum atomic E-state index is 12.8. The van der Waals surface area contributed by atoms with Gasteiger partial charge in [-0.25, -0.2) is 13.1 Å². The lowest BCUT2D eigenvalue weighted by atomic mass is 9.94. The minimum absolute atomic E-state index is 0.0595. The van der Waals surface area contributed by atoms with Crippen LogP contribution in [0.2, 0.25) is 0 Å². The Kier molecular flexibility index (Phi) is 7.69. The molecular formula is C22H35N3O4S. The first-order chi connectivity index (χ1) is 13.8. The van der Waals surface area contributed by atoms with Gasteiger partial charge in [-0.15, -0.1) is 0 Å². The van der Waals surface area contributed by atoms with Crippen molar-refractivity contribution >= 4 is 21.8 Å². The van der Waals surface area contributed by atoms with E-state index < -0.39 is 15.6 Å². The van der Waals surface area contributed by atoms with Crippen LogP contribution in [0.15, 0.2) is 29.2 Å². The van der Waals surface area contributed by atoms with E-state index in [-0.39, 0.29) is 28.7 Å². The molecule has 0 aliphatic carbocycles. The summed E-state index contributed by atoms with van der Waals surface area (Å²) in [5, 5.41) is 3.06. The molecule has 1 heterocycles. The maximum absolute atomic E-state index is 12.8. The molecule has 0 radical (unpaired) electrons. The van der Waals surface area contributed by atoms with Crippen molar-refractivity contribution in [1.82, 2.24) is 14.9 Å². The number of sulfonamides is 1. The van der Waals surface area contributed by atoms with Crippen LogP contribution in [0.3, 0.4) is 0 Å². The molecule has 2 amide bonds. The summed E-state index contributed by atoms with van der Waals surface area (Å²) in [6.07, 6.45) is 1.26. The van der Waals surface area contributed by atoms with Gasteiger partial charge in [-0.3, -0.25) is 9.59 Å². The zero-order valence-electron chi connectivity index (χ0n) is 18.9. The van der Waals surface area contributed by atoms with Gasteiger partial charge in [-0.1, -0.05) is 13.8 Å². The van der Waals surface area contributed by atoms with Crippen molar-refractivity contribution in [2.45, 2.75) is 70.9 Å². The maximum Gasteiger partial charge on any atom is 0.253 e. The summed E-state index contributed by atoms with van der Waals surface area (Å²) in [6.45, 7) is 12.5. The van der Waals surface area contributed by atoms with Crippen molar-refractivity contribution in [3.05, 3.63) is 29.8 Å². The third-order valence-electron chi connectivity index (χ3n) is 5.38. The van der Waals surface area contributed by atoms with Crippen molar-refractivity contribution < 1.29 is 18.0 Å². The topological polar surface area (TPSA) is 95.6 Å². The molecule has 30 heavy (non-hydrogen) atoms. The van der Waals surface area contributed by atoms with Crippen molar-refractivity contribution in [2.75, 3.05) is 13.1 Å². The Morgan fingerprint density at radius 3 is 2.03 bits per heavy atom. The van der Waals surface area contributed by atoms with Crippen LogP contribution in [0.1, 0.15) is 64.7 Å². The number of carbonyl (C=O) groups is 2. The van der Waals surface area contributed by atoms with Crippen molar-refractivity contribution in [1.29, 1.82) is 0 Å². The molecular weight excluding hydrogens is 402 g/mol. The van der Waals surface area contributed by atoms with Crippen LogP contribution in [0.5, 0.6) is 0 Å². The van der Waals surface area contributed by atoms with Gasteiger partial charge < -0.3 is 10.2 Å². The molecule has 1 aromatic rings. The van der Waals surface area contributed by atoms with E-state index in [0.717, 1.165) is 0 Å². The number of amides is 2. The fraction of sp³-hybridized carbons (Fsp3) is 0.636. The van der Waals surface area contributed by atoms with Crippen LogP contribution in [-0.4, -0.2) is 49.8 Å². The number of hydrogen-bond donors (Lipinski definition) is 2. The second-order valence-electron chi connectivity index (χ2n) is 9.49. The van der Waals surface area contributed by atoms with Crippen LogP contribution >= 0.6 is 0 Å². The third kappa shape index (κ3) is 6.54. The highest BCUT2D eigenvalue weighted by molar-refractivity contribution is 7.89. The average molecular weight is 438 g/mol. The fourth-order valence-electron chi connectivity index (χ4n) is 3.27. The number of hydrogen-bond acceptors (Lipinski definition) is 4. The van der Waals surface area contributed by atoms with Crippen LogP contribution in [0, 0.1) is 11.8 Å². The van der Waals surface area contributed by atoms with Crippen LogP contribution < -0.4 is 10.0 Å². The molecule has 7 nitrogen and oxygen atoms in total. The Hall–Kier alpha value is -1.93. The van der Waals surface area contributed by atoms with Gasteiger partial charge in [-0.05, 0) is 70.7 Å². The second kappa shape index (κ2) is 9.47. The average Bonchev–Trinajstić information content (AvgIpc) is 2.65. The van der Waals surface area contributed by atoms with Crippen molar-refractivity contribution in [2.24, 2.45) is 11.8 Å². The first-order valence-corrected chi connectivity index (χ1v) is 12.0. The first kappa shape index (κ1) is 24.3. The Morgan fingerprint density at radius 1 is 1.03 bits per heavy atom. The smallest absolute Gasteiger partial charge is 0.253 e.